The predicted octanol–water partition coefficient (Wildman–Crippen LogP) is 7.10. The number of aliphatic hydroxyl groups is 1. The highest BCUT2D eigenvalue weighted by Crippen LogP contribution is 2.76. The first-order chi connectivity index (χ1) is 19.3. The summed E-state index contributed by atoms with van der Waals surface area (Å²) in [5.41, 5.74) is -0.0480. The SMILES string of the molecule is CC(=O)OC1C[C@@H]2[C@@]3(C)CCC(OC(=O)CC(=O)O)C(C)(C)[C@@H]3CC[C@@]2(C)[C@]2(C)CC[C@H]([C@@](C)(O)CCC=C(C)C)[C@@H]12. The van der Waals surface area contributed by atoms with E-state index in [0.717, 1.165) is 44.9 Å². The van der Waals surface area contributed by atoms with Crippen LogP contribution in [0.25, 0.3) is 0 Å². The van der Waals surface area contributed by atoms with Gasteiger partial charge in [-0.1, -0.05) is 46.3 Å². The van der Waals surface area contributed by atoms with Gasteiger partial charge in [-0.25, -0.2) is 0 Å². The minimum atomic E-state index is -1.17. The number of carboxylic acids is 1. The van der Waals surface area contributed by atoms with Crippen molar-refractivity contribution in [3.05, 3.63) is 11.6 Å². The summed E-state index contributed by atoms with van der Waals surface area (Å²) in [6, 6.07) is 0. The standard InChI is InChI=1S/C35H56O7/c1-21(2)11-10-15-35(9,40)23-12-17-34(8)30(23)24(41-22(3)36)19-26-32(6)16-14-27(42-29(39)20-28(37)38)31(4,5)25(32)13-18-33(26,34)7/h11,23-27,30,40H,10,12-20H2,1-9H3,(H,37,38)/t23-,24?,25-,26+,27?,30-,32-,33+,34+,35-/m0/s1. The third kappa shape index (κ3) is 5.45. The molecule has 0 aromatic carbocycles. The van der Waals surface area contributed by atoms with E-state index >= 15 is 0 Å². The Hall–Kier alpha value is -1.89. The van der Waals surface area contributed by atoms with Crippen LogP contribution in [-0.4, -0.2) is 45.9 Å². The minimum Gasteiger partial charge on any atom is -0.481 e. The van der Waals surface area contributed by atoms with E-state index in [4.69, 9.17) is 14.6 Å². The maximum atomic E-state index is 12.6. The lowest BCUT2D eigenvalue weighted by molar-refractivity contribution is -0.252. The lowest BCUT2D eigenvalue weighted by atomic mass is 9.35. The molecule has 2 N–H and O–H groups in total. The average Bonchev–Trinajstić information content (AvgIpc) is 3.21. The van der Waals surface area contributed by atoms with Crippen molar-refractivity contribution >= 4 is 17.9 Å². The molecule has 0 heterocycles. The van der Waals surface area contributed by atoms with Crippen LogP contribution in [0.2, 0.25) is 0 Å². The summed E-state index contributed by atoms with van der Waals surface area (Å²) < 4.78 is 12.0. The van der Waals surface area contributed by atoms with Crippen LogP contribution < -0.4 is 0 Å². The largest absolute Gasteiger partial charge is 0.481 e. The van der Waals surface area contributed by atoms with Gasteiger partial charge in [0.25, 0.3) is 0 Å². The molecule has 4 rings (SSSR count). The van der Waals surface area contributed by atoms with Crippen molar-refractivity contribution in [1.29, 1.82) is 0 Å². The summed E-state index contributed by atoms with van der Waals surface area (Å²) >= 11 is 0. The van der Waals surface area contributed by atoms with E-state index in [-0.39, 0.29) is 57.6 Å². The number of carbonyl (C=O) groups is 3. The molecule has 2 unspecified atom stereocenters. The number of rotatable bonds is 8. The van der Waals surface area contributed by atoms with Gasteiger partial charge in [0.2, 0.25) is 0 Å². The quantitative estimate of drug-likeness (QED) is 0.177. The normalized spacial score (nSPS) is 41.8. The van der Waals surface area contributed by atoms with Crippen LogP contribution in [0.1, 0.15) is 127 Å². The number of aliphatic carboxylic acids is 1. The van der Waals surface area contributed by atoms with Gasteiger partial charge in [0.05, 0.1) is 5.60 Å². The van der Waals surface area contributed by atoms with Crippen molar-refractivity contribution < 1.29 is 34.1 Å². The second-order valence-electron chi connectivity index (χ2n) is 16.1. The molecule has 4 saturated carbocycles. The van der Waals surface area contributed by atoms with E-state index in [9.17, 15) is 19.5 Å². The summed E-state index contributed by atoms with van der Waals surface area (Å²) in [5.74, 6) is -1.36. The fourth-order valence-corrected chi connectivity index (χ4v) is 11.1. The first kappa shape index (κ1) is 33.0. The maximum absolute atomic E-state index is 12.6. The van der Waals surface area contributed by atoms with Gasteiger partial charge in [-0.3, -0.25) is 14.4 Å². The molecule has 238 valence electrons. The number of hydrogen-bond acceptors (Lipinski definition) is 6. The Balaban J connectivity index is 1.68. The van der Waals surface area contributed by atoms with Crippen LogP contribution in [0.3, 0.4) is 0 Å². The highest BCUT2D eigenvalue weighted by Gasteiger charge is 2.72. The fraction of sp³-hybridized carbons (Fsp3) is 0.857. The Kier molecular flexibility index (Phi) is 8.83. The molecule has 4 fully saturated rings. The van der Waals surface area contributed by atoms with Crippen molar-refractivity contribution in [3.8, 4) is 0 Å². The molecular weight excluding hydrogens is 532 g/mol. The van der Waals surface area contributed by atoms with Gasteiger partial charge < -0.3 is 19.7 Å². The zero-order valence-electron chi connectivity index (χ0n) is 27.5. The molecule has 0 spiro atoms. The molecule has 42 heavy (non-hydrogen) atoms. The Morgan fingerprint density at radius 1 is 0.905 bits per heavy atom. The highest BCUT2D eigenvalue weighted by atomic mass is 16.5. The zero-order chi connectivity index (χ0) is 31.5. The van der Waals surface area contributed by atoms with Crippen molar-refractivity contribution in [2.75, 3.05) is 0 Å². The molecule has 0 amide bonds. The summed E-state index contributed by atoms with van der Waals surface area (Å²) in [5, 5.41) is 21.0. The summed E-state index contributed by atoms with van der Waals surface area (Å²) in [6.45, 7) is 19.3. The number of carboxylic acid groups (broad SMARTS) is 1. The van der Waals surface area contributed by atoms with Gasteiger partial charge in [0, 0.05) is 18.3 Å². The fourth-order valence-electron chi connectivity index (χ4n) is 11.1. The lowest BCUT2D eigenvalue weighted by Gasteiger charge is -2.70. The van der Waals surface area contributed by atoms with E-state index in [1.165, 1.54) is 12.5 Å². The Morgan fingerprint density at radius 3 is 2.14 bits per heavy atom. The van der Waals surface area contributed by atoms with Gasteiger partial charge in [-0.15, -0.1) is 0 Å². The second-order valence-corrected chi connectivity index (χ2v) is 16.1. The van der Waals surface area contributed by atoms with Crippen LogP contribution in [-0.2, 0) is 23.9 Å². The number of carbonyl (C=O) groups excluding carboxylic acids is 2. The highest BCUT2D eigenvalue weighted by molar-refractivity contribution is 5.90. The van der Waals surface area contributed by atoms with Gasteiger partial charge in [-0.05, 0) is 113 Å². The molecule has 4 aliphatic carbocycles. The second kappa shape index (κ2) is 11.2. The van der Waals surface area contributed by atoms with Crippen molar-refractivity contribution in [2.24, 2.45) is 45.3 Å². The molecule has 7 heteroatoms. The molecule has 10 atom stereocenters. The first-order valence-corrected chi connectivity index (χ1v) is 16.2. The predicted molar refractivity (Wildman–Crippen MR) is 161 cm³/mol. The van der Waals surface area contributed by atoms with Gasteiger partial charge in [0.15, 0.2) is 0 Å². The van der Waals surface area contributed by atoms with Crippen LogP contribution in [0, 0.1) is 45.3 Å². The topological polar surface area (TPSA) is 110 Å². The zero-order valence-corrected chi connectivity index (χ0v) is 27.5. The van der Waals surface area contributed by atoms with Crippen LogP contribution in [0.15, 0.2) is 11.6 Å². The molecule has 0 bridgehead atoms. The molecule has 0 aliphatic heterocycles. The van der Waals surface area contributed by atoms with Crippen molar-refractivity contribution in [2.45, 2.75) is 144 Å². The number of fused-ring (bicyclic) bond motifs is 5. The van der Waals surface area contributed by atoms with Crippen LogP contribution in [0.5, 0.6) is 0 Å². The molecular formula is C35H56O7. The van der Waals surface area contributed by atoms with E-state index in [0.29, 0.717) is 18.8 Å². The Morgan fingerprint density at radius 2 is 1.55 bits per heavy atom. The van der Waals surface area contributed by atoms with E-state index < -0.39 is 24.0 Å². The summed E-state index contributed by atoms with van der Waals surface area (Å²) in [7, 11) is 0. The molecule has 4 aliphatic rings. The minimum absolute atomic E-state index is 0.00715. The average molecular weight is 589 g/mol. The smallest absolute Gasteiger partial charge is 0.317 e. The first-order valence-electron chi connectivity index (χ1n) is 16.2. The van der Waals surface area contributed by atoms with Crippen molar-refractivity contribution in [3.63, 3.8) is 0 Å². The number of ether oxygens (including phenoxy) is 2. The molecule has 0 radical (unpaired) electrons. The number of allylic oxidation sites excluding steroid dienone is 2. The van der Waals surface area contributed by atoms with E-state index in [1.807, 2.05) is 6.92 Å². The van der Waals surface area contributed by atoms with Crippen molar-refractivity contribution in [1.82, 2.24) is 0 Å². The Bertz CT molecular complexity index is 1100. The van der Waals surface area contributed by atoms with E-state index in [2.05, 4.69) is 54.5 Å². The van der Waals surface area contributed by atoms with Gasteiger partial charge in [-0.2, -0.15) is 0 Å². The van der Waals surface area contributed by atoms with Crippen LogP contribution >= 0.6 is 0 Å². The number of hydrogen-bond donors (Lipinski definition) is 2. The monoisotopic (exact) mass is 588 g/mol. The Labute approximate surface area is 253 Å². The third-order valence-corrected chi connectivity index (χ3v) is 13.2. The van der Waals surface area contributed by atoms with Gasteiger partial charge >= 0.3 is 17.9 Å². The summed E-state index contributed by atoms with van der Waals surface area (Å²) in [4.78, 5) is 36.1. The van der Waals surface area contributed by atoms with E-state index in [1.54, 1.807) is 0 Å². The molecule has 0 aromatic heterocycles. The number of esters is 2. The summed E-state index contributed by atoms with van der Waals surface area (Å²) in [6.07, 6.45) is 8.86. The lowest BCUT2D eigenvalue weighted by Crippen LogP contribution is -2.67. The third-order valence-electron chi connectivity index (χ3n) is 13.2. The molecule has 0 aromatic rings. The van der Waals surface area contributed by atoms with Gasteiger partial charge in [0.1, 0.15) is 18.6 Å². The molecule has 0 saturated heterocycles. The maximum Gasteiger partial charge on any atom is 0.317 e. The molecule has 7 nitrogen and oxygen atoms in total. The van der Waals surface area contributed by atoms with Crippen LogP contribution in [0.4, 0.5) is 0 Å².